The fourth-order valence-electron chi connectivity index (χ4n) is 1.81. The van der Waals surface area contributed by atoms with E-state index in [1.807, 2.05) is 13.0 Å². The van der Waals surface area contributed by atoms with Gasteiger partial charge in [-0.2, -0.15) is 8.78 Å². The molecular formula is C14H11F2NO4S2. The lowest BCUT2D eigenvalue weighted by molar-refractivity contribution is -0.388. The Morgan fingerprint density at radius 2 is 1.87 bits per heavy atom. The largest absolute Gasteiger partial charge is 0.341 e. The molecule has 0 fully saturated rings. The highest BCUT2D eigenvalue weighted by Crippen LogP contribution is 2.37. The number of nitrogens with zero attached hydrogens (tertiary/aromatic N) is 1. The molecule has 0 bridgehead atoms. The van der Waals surface area contributed by atoms with Crippen LogP contribution in [0.25, 0.3) is 0 Å². The van der Waals surface area contributed by atoms with E-state index in [1.54, 1.807) is 18.2 Å². The summed E-state index contributed by atoms with van der Waals surface area (Å²) >= 11 is 1.06. The van der Waals surface area contributed by atoms with Crippen LogP contribution in [0.4, 0.5) is 14.5 Å². The summed E-state index contributed by atoms with van der Waals surface area (Å²) < 4.78 is 48.0. The summed E-state index contributed by atoms with van der Waals surface area (Å²) in [4.78, 5) is 10.5. The second-order valence-electron chi connectivity index (χ2n) is 4.61. The van der Waals surface area contributed by atoms with E-state index in [2.05, 4.69) is 0 Å². The molecule has 0 amide bonds. The van der Waals surface area contributed by atoms with Gasteiger partial charge < -0.3 is 0 Å². The Bertz CT molecular complexity index is 854. The Balaban J connectivity index is 2.48. The molecular weight excluding hydrogens is 348 g/mol. The van der Waals surface area contributed by atoms with Crippen LogP contribution in [0, 0.1) is 17.0 Å². The van der Waals surface area contributed by atoms with Crippen LogP contribution >= 0.6 is 11.8 Å². The zero-order chi connectivity index (χ0) is 17.2. The lowest BCUT2D eigenvalue weighted by Gasteiger charge is -2.07. The van der Waals surface area contributed by atoms with E-state index in [9.17, 15) is 27.3 Å². The van der Waals surface area contributed by atoms with E-state index in [0.717, 1.165) is 28.3 Å². The number of halogens is 2. The number of benzene rings is 2. The molecule has 0 aliphatic carbocycles. The molecule has 2 aromatic carbocycles. The van der Waals surface area contributed by atoms with Crippen LogP contribution in [0.5, 0.6) is 0 Å². The molecule has 0 heterocycles. The Labute approximate surface area is 135 Å². The predicted octanol–water partition coefficient (Wildman–Crippen LogP) is 4.05. The number of alkyl halides is 2. The first-order valence-corrected chi connectivity index (χ1v) is 8.63. The van der Waals surface area contributed by atoms with Crippen molar-refractivity contribution in [3.8, 4) is 0 Å². The van der Waals surface area contributed by atoms with Crippen molar-refractivity contribution in [2.75, 3.05) is 0 Å². The molecule has 0 spiro atoms. The van der Waals surface area contributed by atoms with Gasteiger partial charge in [0.2, 0.25) is 9.84 Å². The van der Waals surface area contributed by atoms with Crippen molar-refractivity contribution in [1.82, 2.24) is 0 Å². The van der Waals surface area contributed by atoms with Gasteiger partial charge in [0.15, 0.2) is 0 Å². The summed E-state index contributed by atoms with van der Waals surface area (Å²) in [6, 6.07) is 9.96. The van der Waals surface area contributed by atoms with Crippen molar-refractivity contribution in [2.45, 2.75) is 27.4 Å². The molecule has 23 heavy (non-hydrogen) atoms. The minimum Gasteiger partial charge on any atom is -0.258 e. The van der Waals surface area contributed by atoms with Crippen molar-refractivity contribution >= 4 is 27.3 Å². The number of nitro groups is 1. The molecule has 122 valence electrons. The molecule has 0 atom stereocenters. The Morgan fingerprint density at radius 1 is 1.17 bits per heavy atom. The molecule has 0 aliphatic heterocycles. The third kappa shape index (κ3) is 3.85. The zero-order valence-corrected chi connectivity index (χ0v) is 13.4. The first kappa shape index (κ1) is 17.4. The molecule has 2 rings (SSSR count). The number of hydrogen-bond acceptors (Lipinski definition) is 5. The summed E-state index contributed by atoms with van der Waals surface area (Å²) in [6.45, 7) is 1.86. The van der Waals surface area contributed by atoms with Gasteiger partial charge in [0.05, 0.1) is 14.7 Å². The minimum atomic E-state index is -4.88. The fourth-order valence-corrected chi connectivity index (χ4v) is 3.57. The average Bonchev–Trinajstić information content (AvgIpc) is 2.47. The van der Waals surface area contributed by atoms with Crippen LogP contribution in [0.15, 0.2) is 57.2 Å². The Morgan fingerprint density at radius 3 is 2.43 bits per heavy atom. The molecule has 0 aromatic heterocycles. The van der Waals surface area contributed by atoms with Gasteiger partial charge >= 0.3 is 5.76 Å². The van der Waals surface area contributed by atoms with Crippen molar-refractivity contribution < 1.29 is 22.1 Å². The minimum absolute atomic E-state index is 0.175. The molecule has 9 heteroatoms. The van der Waals surface area contributed by atoms with E-state index < -0.39 is 31.1 Å². The van der Waals surface area contributed by atoms with Crippen LogP contribution in [0.3, 0.4) is 0 Å². The van der Waals surface area contributed by atoms with E-state index >= 15 is 0 Å². The van der Waals surface area contributed by atoms with Crippen LogP contribution in [-0.4, -0.2) is 19.1 Å². The SMILES string of the molecule is Cc1cccc(Sc2ccc(S(=O)(=O)C(F)F)cc2[N+](=O)[O-])c1. The van der Waals surface area contributed by atoms with E-state index in [0.29, 0.717) is 6.07 Å². The number of sulfone groups is 1. The van der Waals surface area contributed by atoms with Crippen molar-refractivity contribution in [3.63, 3.8) is 0 Å². The highest BCUT2D eigenvalue weighted by atomic mass is 32.2. The third-order valence-electron chi connectivity index (χ3n) is 2.91. The number of rotatable bonds is 5. The van der Waals surface area contributed by atoms with E-state index in [-0.39, 0.29) is 4.90 Å². The van der Waals surface area contributed by atoms with Gasteiger partial charge in [-0.05, 0) is 31.2 Å². The second-order valence-corrected chi connectivity index (χ2v) is 7.64. The molecule has 0 radical (unpaired) electrons. The van der Waals surface area contributed by atoms with Crippen molar-refractivity contribution in [3.05, 3.63) is 58.1 Å². The normalized spacial score (nSPS) is 11.7. The fraction of sp³-hybridized carbons (Fsp3) is 0.143. The molecule has 0 N–H and O–H groups in total. The van der Waals surface area contributed by atoms with Crippen LogP contribution in [-0.2, 0) is 9.84 Å². The van der Waals surface area contributed by atoms with Crippen molar-refractivity contribution in [1.29, 1.82) is 0 Å². The predicted molar refractivity (Wildman–Crippen MR) is 81.6 cm³/mol. The number of hydrogen-bond donors (Lipinski definition) is 0. The van der Waals surface area contributed by atoms with Gasteiger partial charge in [-0.1, -0.05) is 29.5 Å². The smallest absolute Gasteiger partial charge is 0.258 e. The Kier molecular flexibility index (Phi) is 5.00. The lowest BCUT2D eigenvalue weighted by atomic mass is 10.2. The zero-order valence-electron chi connectivity index (χ0n) is 11.8. The van der Waals surface area contributed by atoms with Gasteiger partial charge in [-0.15, -0.1) is 0 Å². The third-order valence-corrected chi connectivity index (χ3v) is 5.34. The maximum absolute atomic E-state index is 12.6. The first-order chi connectivity index (χ1) is 10.7. The summed E-state index contributed by atoms with van der Waals surface area (Å²) in [5.74, 6) is -3.63. The first-order valence-electron chi connectivity index (χ1n) is 6.27. The second kappa shape index (κ2) is 6.63. The molecule has 0 aliphatic rings. The quantitative estimate of drug-likeness (QED) is 0.594. The van der Waals surface area contributed by atoms with Gasteiger partial charge in [-0.3, -0.25) is 10.1 Å². The average molecular weight is 359 g/mol. The summed E-state index contributed by atoms with van der Waals surface area (Å²) in [5.41, 5.74) is 0.424. The highest BCUT2D eigenvalue weighted by Gasteiger charge is 2.29. The van der Waals surface area contributed by atoms with Crippen LogP contribution < -0.4 is 0 Å². The van der Waals surface area contributed by atoms with Gasteiger partial charge in [0.1, 0.15) is 0 Å². The molecule has 2 aromatic rings. The maximum Gasteiger partial charge on any atom is 0.341 e. The number of aryl methyl sites for hydroxylation is 1. The Hall–Kier alpha value is -2.00. The monoisotopic (exact) mass is 359 g/mol. The van der Waals surface area contributed by atoms with Gasteiger partial charge in [0.25, 0.3) is 5.69 Å². The highest BCUT2D eigenvalue weighted by molar-refractivity contribution is 7.99. The van der Waals surface area contributed by atoms with Gasteiger partial charge in [-0.25, -0.2) is 8.42 Å². The van der Waals surface area contributed by atoms with Crippen molar-refractivity contribution in [2.24, 2.45) is 0 Å². The maximum atomic E-state index is 12.6. The standard InChI is InChI=1S/C14H11F2NO4S2/c1-9-3-2-4-10(7-9)22-13-6-5-11(8-12(13)17(18)19)23(20,21)14(15)16/h2-8,14H,1H3. The lowest BCUT2D eigenvalue weighted by Crippen LogP contribution is -2.11. The van der Waals surface area contributed by atoms with E-state index in [4.69, 9.17) is 0 Å². The molecule has 5 nitrogen and oxygen atoms in total. The molecule has 0 saturated carbocycles. The topological polar surface area (TPSA) is 77.3 Å². The van der Waals surface area contributed by atoms with Crippen LogP contribution in [0.2, 0.25) is 0 Å². The molecule has 0 unspecified atom stereocenters. The van der Waals surface area contributed by atoms with Gasteiger partial charge in [0, 0.05) is 11.0 Å². The van der Waals surface area contributed by atoms with E-state index in [1.165, 1.54) is 6.07 Å². The molecule has 0 saturated heterocycles. The van der Waals surface area contributed by atoms with Crippen LogP contribution in [0.1, 0.15) is 5.56 Å². The number of nitro benzene ring substituents is 1. The summed E-state index contributed by atoms with van der Waals surface area (Å²) in [5, 5.41) is 11.1. The summed E-state index contributed by atoms with van der Waals surface area (Å²) in [7, 11) is -4.88. The summed E-state index contributed by atoms with van der Waals surface area (Å²) in [6.07, 6.45) is 0.